The molecule has 1 aromatic heterocycles. The number of guanidine groups is 1. The summed E-state index contributed by atoms with van der Waals surface area (Å²) in [6.45, 7) is 4.72. The fourth-order valence-electron chi connectivity index (χ4n) is 3.05. The lowest BCUT2D eigenvalue weighted by atomic mass is 10.2. The summed E-state index contributed by atoms with van der Waals surface area (Å²) in [5, 5.41) is 4.13. The maximum atomic E-state index is 6.07. The molecule has 0 bridgehead atoms. The SMILES string of the molecule is CN=C(NCc1ccc(N2CCOCC2)nc1)N(C)Cc1cccc(Cl)c1. The van der Waals surface area contributed by atoms with Crippen molar-refractivity contribution in [2.45, 2.75) is 13.1 Å². The molecule has 27 heavy (non-hydrogen) atoms. The molecule has 3 rings (SSSR count). The van der Waals surface area contributed by atoms with Gasteiger partial charge < -0.3 is 19.9 Å². The maximum Gasteiger partial charge on any atom is 0.193 e. The van der Waals surface area contributed by atoms with Crippen molar-refractivity contribution in [3.05, 3.63) is 58.7 Å². The number of aliphatic imine (C=N–C) groups is 1. The van der Waals surface area contributed by atoms with Gasteiger partial charge in [0.1, 0.15) is 5.82 Å². The van der Waals surface area contributed by atoms with Gasteiger partial charge in [0.2, 0.25) is 0 Å². The van der Waals surface area contributed by atoms with E-state index >= 15 is 0 Å². The zero-order chi connectivity index (χ0) is 19.1. The standard InChI is InChI=1S/C20H26ClN5O/c1-22-20(25(2)15-16-4-3-5-18(21)12-16)24-14-17-6-7-19(23-13-17)26-8-10-27-11-9-26/h3-7,12-13H,8-11,14-15H2,1-2H3,(H,22,24). The van der Waals surface area contributed by atoms with Crippen molar-refractivity contribution in [3.63, 3.8) is 0 Å². The Morgan fingerprint density at radius 1 is 1.26 bits per heavy atom. The van der Waals surface area contributed by atoms with Gasteiger partial charge in [0.05, 0.1) is 13.2 Å². The van der Waals surface area contributed by atoms with Crippen LogP contribution in [0.15, 0.2) is 47.6 Å². The fraction of sp³-hybridized carbons (Fsp3) is 0.400. The minimum Gasteiger partial charge on any atom is -0.378 e. The summed E-state index contributed by atoms with van der Waals surface area (Å²) in [5.41, 5.74) is 2.26. The first-order valence-electron chi connectivity index (χ1n) is 9.09. The lowest BCUT2D eigenvalue weighted by molar-refractivity contribution is 0.122. The van der Waals surface area contributed by atoms with Gasteiger partial charge >= 0.3 is 0 Å². The second-order valence-electron chi connectivity index (χ2n) is 6.51. The highest BCUT2D eigenvalue weighted by molar-refractivity contribution is 6.30. The molecule has 6 nitrogen and oxygen atoms in total. The van der Waals surface area contributed by atoms with Crippen LogP contribution in [-0.2, 0) is 17.8 Å². The number of nitrogens with zero attached hydrogens (tertiary/aromatic N) is 4. The smallest absolute Gasteiger partial charge is 0.193 e. The van der Waals surface area contributed by atoms with Gasteiger partial charge in [-0.2, -0.15) is 0 Å². The molecule has 2 heterocycles. The molecule has 0 unspecified atom stereocenters. The van der Waals surface area contributed by atoms with E-state index in [0.717, 1.165) is 60.8 Å². The molecule has 0 aliphatic carbocycles. The summed E-state index contributed by atoms with van der Waals surface area (Å²) < 4.78 is 5.39. The normalized spacial score (nSPS) is 14.9. The summed E-state index contributed by atoms with van der Waals surface area (Å²) in [6, 6.07) is 12.1. The summed E-state index contributed by atoms with van der Waals surface area (Å²) in [4.78, 5) is 13.3. The molecule has 0 saturated carbocycles. The number of morpholine rings is 1. The monoisotopic (exact) mass is 387 g/mol. The molecule has 0 spiro atoms. The number of halogens is 1. The molecular weight excluding hydrogens is 362 g/mol. The molecule has 7 heteroatoms. The van der Waals surface area contributed by atoms with Crippen LogP contribution in [0, 0.1) is 0 Å². The van der Waals surface area contributed by atoms with Gasteiger partial charge in [0.25, 0.3) is 0 Å². The molecule has 1 N–H and O–H groups in total. The third-order valence-electron chi connectivity index (χ3n) is 4.48. The number of rotatable bonds is 5. The topological polar surface area (TPSA) is 53.0 Å². The summed E-state index contributed by atoms with van der Waals surface area (Å²) >= 11 is 6.07. The van der Waals surface area contributed by atoms with Gasteiger partial charge in [-0.25, -0.2) is 4.98 Å². The molecule has 0 radical (unpaired) electrons. The van der Waals surface area contributed by atoms with Crippen molar-refractivity contribution < 1.29 is 4.74 Å². The molecule has 0 amide bonds. The van der Waals surface area contributed by atoms with Crippen LogP contribution < -0.4 is 10.2 Å². The van der Waals surface area contributed by atoms with Gasteiger partial charge in [-0.05, 0) is 29.3 Å². The van der Waals surface area contributed by atoms with Crippen LogP contribution in [0.25, 0.3) is 0 Å². The molecule has 0 atom stereocenters. The highest BCUT2D eigenvalue weighted by Gasteiger charge is 2.12. The zero-order valence-electron chi connectivity index (χ0n) is 15.9. The van der Waals surface area contributed by atoms with Gasteiger partial charge in [0, 0.05) is 51.5 Å². The molecule has 144 valence electrons. The van der Waals surface area contributed by atoms with Crippen molar-refractivity contribution in [2.24, 2.45) is 4.99 Å². The molecule has 1 saturated heterocycles. The number of nitrogens with one attached hydrogen (secondary N) is 1. The largest absolute Gasteiger partial charge is 0.378 e. The highest BCUT2D eigenvalue weighted by Crippen LogP contribution is 2.14. The van der Waals surface area contributed by atoms with E-state index < -0.39 is 0 Å². The van der Waals surface area contributed by atoms with E-state index in [1.807, 2.05) is 31.4 Å². The summed E-state index contributed by atoms with van der Waals surface area (Å²) in [5.74, 6) is 1.83. The van der Waals surface area contributed by atoms with Gasteiger partial charge in [-0.1, -0.05) is 29.8 Å². The van der Waals surface area contributed by atoms with E-state index in [9.17, 15) is 0 Å². The number of ether oxygens (including phenoxy) is 1. The lowest BCUT2D eigenvalue weighted by Gasteiger charge is -2.27. The van der Waals surface area contributed by atoms with Crippen molar-refractivity contribution in [2.75, 3.05) is 45.3 Å². The number of anilines is 1. The van der Waals surface area contributed by atoms with Gasteiger partial charge in [-0.15, -0.1) is 0 Å². The third-order valence-corrected chi connectivity index (χ3v) is 4.71. The fourth-order valence-corrected chi connectivity index (χ4v) is 3.26. The Bertz CT molecular complexity index is 759. The van der Waals surface area contributed by atoms with Crippen LogP contribution in [0.3, 0.4) is 0 Å². The van der Waals surface area contributed by atoms with E-state index in [4.69, 9.17) is 16.3 Å². The van der Waals surface area contributed by atoms with Crippen molar-refractivity contribution in [1.82, 2.24) is 15.2 Å². The van der Waals surface area contributed by atoms with E-state index in [1.165, 1.54) is 0 Å². The molecule has 2 aromatic rings. The average molecular weight is 388 g/mol. The van der Waals surface area contributed by atoms with Crippen LogP contribution in [0.5, 0.6) is 0 Å². The summed E-state index contributed by atoms with van der Waals surface area (Å²) in [6.07, 6.45) is 1.92. The van der Waals surface area contributed by atoms with Crippen molar-refractivity contribution >= 4 is 23.4 Å². The van der Waals surface area contributed by atoms with Gasteiger partial charge in [-0.3, -0.25) is 4.99 Å². The molecule has 1 aliphatic heterocycles. The molecular formula is C20H26ClN5O. The first-order chi connectivity index (χ1) is 13.2. The first-order valence-corrected chi connectivity index (χ1v) is 9.47. The highest BCUT2D eigenvalue weighted by atomic mass is 35.5. The van der Waals surface area contributed by atoms with E-state index in [2.05, 4.69) is 43.3 Å². The Balaban J connectivity index is 1.54. The van der Waals surface area contributed by atoms with E-state index in [1.54, 1.807) is 7.05 Å². The molecule has 1 aromatic carbocycles. The first kappa shape index (κ1) is 19.5. The van der Waals surface area contributed by atoms with Crippen LogP contribution in [0.2, 0.25) is 5.02 Å². The number of pyridine rings is 1. The number of hydrogen-bond acceptors (Lipinski definition) is 4. The van der Waals surface area contributed by atoms with Gasteiger partial charge in [0.15, 0.2) is 5.96 Å². The Morgan fingerprint density at radius 2 is 2.07 bits per heavy atom. The quantitative estimate of drug-likeness (QED) is 0.631. The zero-order valence-corrected chi connectivity index (χ0v) is 16.6. The van der Waals surface area contributed by atoms with Crippen LogP contribution in [0.1, 0.15) is 11.1 Å². The Morgan fingerprint density at radius 3 is 2.74 bits per heavy atom. The number of benzene rings is 1. The molecule has 1 aliphatic rings. The van der Waals surface area contributed by atoms with Crippen LogP contribution >= 0.6 is 11.6 Å². The lowest BCUT2D eigenvalue weighted by Crippen LogP contribution is -2.38. The molecule has 1 fully saturated rings. The van der Waals surface area contributed by atoms with E-state index in [-0.39, 0.29) is 0 Å². The van der Waals surface area contributed by atoms with E-state index in [0.29, 0.717) is 6.54 Å². The number of aromatic nitrogens is 1. The Labute approximate surface area is 165 Å². The third kappa shape index (κ3) is 5.58. The Hall–Kier alpha value is -2.31. The predicted molar refractivity (Wildman–Crippen MR) is 110 cm³/mol. The maximum absolute atomic E-state index is 6.07. The van der Waals surface area contributed by atoms with Crippen LogP contribution in [-0.4, -0.2) is 56.2 Å². The van der Waals surface area contributed by atoms with Crippen LogP contribution in [0.4, 0.5) is 5.82 Å². The minimum absolute atomic E-state index is 0.670. The second-order valence-corrected chi connectivity index (χ2v) is 6.95. The van der Waals surface area contributed by atoms with Crippen molar-refractivity contribution in [3.8, 4) is 0 Å². The average Bonchev–Trinajstić information content (AvgIpc) is 2.69. The minimum atomic E-state index is 0.670. The predicted octanol–water partition coefficient (Wildman–Crippen LogP) is 2.78. The number of hydrogen-bond donors (Lipinski definition) is 1. The second kappa shape index (κ2) is 9.58. The summed E-state index contributed by atoms with van der Waals surface area (Å²) in [7, 11) is 3.80. The van der Waals surface area contributed by atoms with Crippen molar-refractivity contribution in [1.29, 1.82) is 0 Å². The Kier molecular flexibility index (Phi) is 6.90.